The Balaban J connectivity index is 1.45. The van der Waals surface area contributed by atoms with Gasteiger partial charge in [0, 0.05) is 13.1 Å². The molecule has 7 nitrogen and oxygen atoms in total. The Hall–Kier alpha value is -4.26. The third-order valence-corrected chi connectivity index (χ3v) is 5.94. The van der Waals surface area contributed by atoms with E-state index in [4.69, 9.17) is 0 Å². The first-order valence-electron chi connectivity index (χ1n) is 10.2. The number of carbonyl (C=O) groups is 4. The van der Waals surface area contributed by atoms with E-state index >= 15 is 0 Å². The molecule has 0 unspecified atom stereocenters. The Kier molecular flexibility index (Phi) is 4.59. The molecule has 158 valence electrons. The van der Waals surface area contributed by atoms with E-state index < -0.39 is 29.3 Å². The number of benzene rings is 3. The van der Waals surface area contributed by atoms with Crippen LogP contribution in [0.1, 0.15) is 31.8 Å². The molecule has 2 heterocycles. The van der Waals surface area contributed by atoms with Crippen LogP contribution in [0.3, 0.4) is 0 Å². The first-order valence-corrected chi connectivity index (χ1v) is 10.2. The predicted molar refractivity (Wildman–Crippen MR) is 116 cm³/mol. The molecule has 3 aromatic carbocycles. The summed E-state index contributed by atoms with van der Waals surface area (Å²) in [5.74, 6) is -1.29. The van der Waals surface area contributed by atoms with E-state index in [1.807, 2.05) is 12.1 Å². The van der Waals surface area contributed by atoms with Crippen LogP contribution >= 0.6 is 0 Å². The van der Waals surface area contributed by atoms with Gasteiger partial charge in [-0.05, 0) is 23.3 Å². The summed E-state index contributed by atoms with van der Waals surface area (Å²) in [5, 5.41) is 2.86. The van der Waals surface area contributed by atoms with Crippen molar-refractivity contribution < 1.29 is 19.2 Å². The van der Waals surface area contributed by atoms with E-state index in [-0.39, 0.29) is 13.1 Å². The van der Waals surface area contributed by atoms with Crippen molar-refractivity contribution in [2.24, 2.45) is 0 Å². The monoisotopic (exact) mass is 425 g/mol. The molecule has 2 aliphatic heterocycles. The quantitative estimate of drug-likeness (QED) is 0.503. The first kappa shape index (κ1) is 19.7. The summed E-state index contributed by atoms with van der Waals surface area (Å²) in [7, 11) is 0. The van der Waals surface area contributed by atoms with Crippen LogP contribution < -0.4 is 5.32 Å². The van der Waals surface area contributed by atoms with Gasteiger partial charge in [-0.1, -0.05) is 72.8 Å². The van der Waals surface area contributed by atoms with Gasteiger partial charge in [0.2, 0.25) is 0 Å². The molecule has 1 fully saturated rings. The molecule has 1 saturated heterocycles. The third kappa shape index (κ3) is 2.82. The fraction of sp³-hybridized carbons (Fsp3) is 0.120. The average molecular weight is 425 g/mol. The normalized spacial score (nSPS) is 17.0. The van der Waals surface area contributed by atoms with Crippen LogP contribution in [0.25, 0.3) is 0 Å². The van der Waals surface area contributed by atoms with Crippen LogP contribution in [0.2, 0.25) is 0 Å². The van der Waals surface area contributed by atoms with Gasteiger partial charge < -0.3 is 5.32 Å². The van der Waals surface area contributed by atoms with Gasteiger partial charge >= 0.3 is 6.03 Å². The fourth-order valence-electron chi connectivity index (χ4n) is 4.36. The second-order valence-electron chi connectivity index (χ2n) is 7.68. The lowest BCUT2D eigenvalue weighted by atomic mass is 9.82. The maximum absolute atomic E-state index is 13.7. The highest BCUT2D eigenvalue weighted by Gasteiger charge is 2.53. The van der Waals surface area contributed by atoms with Crippen molar-refractivity contribution in [2.75, 3.05) is 13.1 Å². The summed E-state index contributed by atoms with van der Waals surface area (Å²) in [4.78, 5) is 54.1. The maximum Gasteiger partial charge on any atom is 0.325 e. The van der Waals surface area contributed by atoms with E-state index in [1.54, 1.807) is 72.8 Å². The summed E-state index contributed by atoms with van der Waals surface area (Å²) >= 11 is 0. The van der Waals surface area contributed by atoms with Gasteiger partial charge in [-0.3, -0.25) is 24.2 Å². The number of fused-ring (bicyclic) bond motifs is 1. The van der Waals surface area contributed by atoms with Crippen molar-refractivity contribution in [3.63, 3.8) is 0 Å². The van der Waals surface area contributed by atoms with Gasteiger partial charge in [-0.25, -0.2) is 4.79 Å². The number of nitrogens with zero attached hydrogens (tertiary/aromatic N) is 2. The van der Waals surface area contributed by atoms with Crippen LogP contribution in [0.4, 0.5) is 4.79 Å². The summed E-state index contributed by atoms with van der Waals surface area (Å²) < 4.78 is 0. The number of imide groups is 2. The Labute approximate surface area is 184 Å². The topological polar surface area (TPSA) is 86.8 Å². The molecule has 3 aromatic rings. The zero-order valence-corrected chi connectivity index (χ0v) is 17.0. The second-order valence-corrected chi connectivity index (χ2v) is 7.68. The molecule has 0 aromatic heterocycles. The number of carbonyl (C=O) groups excluding carboxylic acids is 4. The predicted octanol–water partition coefficient (Wildman–Crippen LogP) is 2.78. The number of hydrogen-bond acceptors (Lipinski definition) is 4. The Morgan fingerprint density at radius 2 is 1.03 bits per heavy atom. The standard InChI is InChI=1S/C25H19N3O4/c29-21-19-13-7-8-14-20(19)22(30)27(21)15-16-28-23(31)25(26-24(28)32,17-9-3-1-4-10-17)18-11-5-2-6-12-18/h1-14H,15-16H2,(H,26,32). The average Bonchev–Trinajstić information content (AvgIpc) is 3.24. The van der Waals surface area contributed by atoms with Crippen molar-refractivity contribution in [2.45, 2.75) is 5.54 Å². The maximum atomic E-state index is 13.7. The molecule has 1 N–H and O–H groups in total. The van der Waals surface area contributed by atoms with Gasteiger partial charge in [0.25, 0.3) is 17.7 Å². The number of hydrogen-bond donors (Lipinski definition) is 1. The van der Waals surface area contributed by atoms with Gasteiger partial charge in [-0.2, -0.15) is 0 Å². The summed E-state index contributed by atoms with van der Waals surface area (Å²) in [6.07, 6.45) is 0. The minimum absolute atomic E-state index is 0.0782. The molecule has 0 atom stereocenters. The molecule has 32 heavy (non-hydrogen) atoms. The van der Waals surface area contributed by atoms with Crippen molar-refractivity contribution in [1.82, 2.24) is 15.1 Å². The van der Waals surface area contributed by atoms with Gasteiger partial charge in [0.15, 0.2) is 5.54 Å². The minimum Gasteiger partial charge on any atom is -0.315 e. The number of rotatable bonds is 5. The van der Waals surface area contributed by atoms with Crippen molar-refractivity contribution in [3.05, 3.63) is 107 Å². The second kappa shape index (κ2) is 7.46. The lowest BCUT2D eigenvalue weighted by molar-refractivity contribution is -0.130. The van der Waals surface area contributed by atoms with Crippen molar-refractivity contribution in [1.29, 1.82) is 0 Å². The molecule has 2 aliphatic rings. The highest BCUT2D eigenvalue weighted by atomic mass is 16.2. The summed E-state index contributed by atoms with van der Waals surface area (Å²) in [6, 6.07) is 24.1. The van der Waals surface area contributed by atoms with Crippen molar-refractivity contribution in [3.8, 4) is 0 Å². The fourth-order valence-corrected chi connectivity index (χ4v) is 4.36. The smallest absolute Gasteiger partial charge is 0.315 e. The summed E-state index contributed by atoms with van der Waals surface area (Å²) in [6.45, 7) is -0.178. The number of amides is 5. The van der Waals surface area contributed by atoms with Gasteiger partial charge in [0.05, 0.1) is 11.1 Å². The summed E-state index contributed by atoms with van der Waals surface area (Å²) in [5.41, 5.74) is 0.553. The van der Waals surface area contributed by atoms with E-state index in [1.165, 1.54) is 0 Å². The third-order valence-electron chi connectivity index (χ3n) is 5.94. The molecule has 0 saturated carbocycles. The van der Waals surface area contributed by atoms with Crippen LogP contribution in [0.5, 0.6) is 0 Å². The van der Waals surface area contributed by atoms with Crippen LogP contribution in [-0.2, 0) is 10.3 Å². The minimum atomic E-state index is -1.37. The van der Waals surface area contributed by atoms with E-state index in [0.29, 0.717) is 22.3 Å². The SMILES string of the molecule is O=C1NC(c2ccccc2)(c2ccccc2)C(=O)N1CCN1C(=O)c2ccccc2C1=O. The molecule has 7 heteroatoms. The molecule has 5 rings (SSSR count). The Morgan fingerprint density at radius 1 is 0.594 bits per heavy atom. The van der Waals surface area contributed by atoms with Gasteiger partial charge in [0.1, 0.15) is 0 Å². The van der Waals surface area contributed by atoms with E-state index in [0.717, 1.165) is 9.80 Å². The van der Waals surface area contributed by atoms with Crippen LogP contribution in [-0.4, -0.2) is 46.6 Å². The zero-order valence-electron chi connectivity index (χ0n) is 17.0. The molecule has 0 bridgehead atoms. The first-order chi connectivity index (χ1) is 15.5. The van der Waals surface area contributed by atoms with Crippen molar-refractivity contribution >= 4 is 23.8 Å². The molecule has 0 spiro atoms. The zero-order chi connectivity index (χ0) is 22.3. The number of urea groups is 1. The van der Waals surface area contributed by atoms with Crippen LogP contribution in [0.15, 0.2) is 84.9 Å². The molecular weight excluding hydrogens is 406 g/mol. The molecule has 0 aliphatic carbocycles. The largest absolute Gasteiger partial charge is 0.325 e. The van der Waals surface area contributed by atoms with E-state index in [2.05, 4.69) is 5.32 Å². The molecule has 0 radical (unpaired) electrons. The Morgan fingerprint density at radius 3 is 1.53 bits per heavy atom. The highest BCUT2D eigenvalue weighted by Crippen LogP contribution is 2.36. The Bertz CT molecular complexity index is 1170. The molecular formula is C25H19N3O4. The van der Waals surface area contributed by atoms with E-state index in [9.17, 15) is 19.2 Å². The highest BCUT2D eigenvalue weighted by molar-refractivity contribution is 6.21. The number of nitrogens with one attached hydrogen (secondary N) is 1. The lowest BCUT2D eigenvalue weighted by Gasteiger charge is -2.28. The van der Waals surface area contributed by atoms with Crippen LogP contribution in [0, 0.1) is 0 Å². The molecule has 5 amide bonds. The van der Waals surface area contributed by atoms with Gasteiger partial charge in [-0.15, -0.1) is 0 Å². The lowest BCUT2D eigenvalue weighted by Crippen LogP contribution is -2.46.